The Labute approximate surface area is 116 Å². The summed E-state index contributed by atoms with van der Waals surface area (Å²) in [6.07, 6.45) is 1.40. The summed E-state index contributed by atoms with van der Waals surface area (Å²) in [5, 5.41) is 10.7. The number of carboxylic acids is 1. The Morgan fingerprint density at radius 2 is 2.05 bits per heavy atom. The van der Waals surface area contributed by atoms with Crippen LogP contribution in [0.5, 0.6) is 0 Å². The van der Waals surface area contributed by atoms with Gasteiger partial charge in [-0.2, -0.15) is 0 Å². The van der Waals surface area contributed by atoms with Gasteiger partial charge in [-0.3, -0.25) is 4.98 Å². The minimum Gasteiger partial charge on any atom is -0.478 e. The fourth-order valence-corrected chi connectivity index (χ4v) is 2.36. The van der Waals surface area contributed by atoms with Gasteiger partial charge in [-0.15, -0.1) is 0 Å². The molecular weight excluding hydrogens is 264 g/mol. The number of anilines is 1. The first-order valence-electron chi connectivity index (χ1n) is 6.15. The predicted octanol–water partition coefficient (Wildman–Crippen LogP) is 3.43. The summed E-state index contributed by atoms with van der Waals surface area (Å²) in [5.74, 6) is -0.966. The summed E-state index contributed by atoms with van der Waals surface area (Å²) in [6.45, 7) is 5.46. The van der Waals surface area contributed by atoms with Gasteiger partial charge in [0.15, 0.2) is 0 Å². The Balaban J connectivity index is 2.79. The Hall–Kier alpha value is -1.81. The van der Waals surface area contributed by atoms with Crippen molar-refractivity contribution >= 4 is 34.2 Å². The fourth-order valence-electron chi connectivity index (χ4n) is 2.19. The summed E-state index contributed by atoms with van der Waals surface area (Å²) in [7, 11) is 0. The lowest BCUT2D eigenvalue weighted by Gasteiger charge is -2.24. The van der Waals surface area contributed by atoms with Crippen LogP contribution >= 0.6 is 11.6 Å². The first-order valence-corrected chi connectivity index (χ1v) is 6.52. The van der Waals surface area contributed by atoms with Crippen LogP contribution in [-0.2, 0) is 0 Å². The number of nitrogens with zero attached hydrogens (tertiary/aromatic N) is 2. The fraction of sp³-hybridized carbons (Fsp3) is 0.286. The first kappa shape index (κ1) is 13.6. The quantitative estimate of drug-likeness (QED) is 0.931. The molecule has 100 valence electrons. The maximum atomic E-state index is 11.4. The minimum atomic E-state index is -0.966. The number of hydrogen-bond acceptors (Lipinski definition) is 3. The molecule has 4 nitrogen and oxygen atoms in total. The topological polar surface area (TPSA) is 53.4 Å². The zero-order valence-electron chi connectivity index (χ0n) is 10.9. The molecule has 0 aliphatic heterocycles. The summed E-state index contributed by atoms with van der Waals surface area (Å²) < 4.78 is 0. The van der Waals surface area contributed by atoms with Crippen LogP contribution in [0.2, 0.25) is 5.02 Å². The molecule has 0 bridgehead atoms. The molecule has 0 saturated heterocycles. The van der Waals surface area contributed by atoms with Gasteiger partial charge in [-0.05, 0) is 32.0 Å². The molecule has 0 radical (unpaired) electrons. The van der Waals surface area contributed by atoms with Gasteiger partial charge in [0.25, 0.3) is 0 Å². The summed E-state index contributed by atoms with van der Waals surface area (Å²) in [6, 6.07) is 5.32. The van der Waals surface area contributed by atoms with E-state index in [4.69, 9.17) is 11.6 Å². The number of carboxylic acid groups (broad SMARTS) is 1. The molecule has 0 aliphatic rings. The molecule has 1 aromatic carbocycles. The van der Waals surface area contributed by atoms with Crippen LogP contribution < -0.4 is 4.90 Å². The van der Waals surface area contributed by atoms with Gasteiger partial charge in [0, 0.05) is 29.7 Å². The highest BCUT2D eigenvalue weighted by molar-refractivity contribution is 6.31. The molecule has 19 heavy (non-hydrogen) atoms. The van der Waals surface area contributed by atoms with E-state index in [-0.39, 0.29) is 5.56 Å². The molecule has 1 heterocycles. The second kappa shape index (κ2) is 5.45. The van der Waals surface area contributed by atoms with Crippen LogP contribution in [0, 0.1) is 0 Å². The molecule has 2 rings (SSSR count). The highest BCUT2D eigenvalue weighted by atomic mass is 35.5. The number of pyridine rings is 1. The maximum Gasteiger partial charge on any atom is 0.339 e. The normalized spacial score (nSPS) is 10.7. The van der Waals surface area contributed by atoms with Crippen LogP contribution in [0.15, 0.2) is 24.4 Å². The lowest BCUT2D eigenvalue weighted by Crippen LogP contribution is -2.24. The van der Waals surface area contributed by atoms with E-state index in [1.54, 1.807) is 12.1 Å². The number of halogens is 1. The zero-order chi connectivity index (χ0) is 14.0. The van der Waals surface area contributed by atoms with Crippen molar-refractivity contribution in [2.75, 3.05) is 18.0 Å². The maximum absolute atomic E-state index is 11.4. The lowest BCUT2D eigenvalue weighted by atomic mass is 10.1. The Morgan fingerprint density at radius 3 is 2.63 bits per heavy atom. The number of carbonyl (C=O) groups is 1. The molecule has 0 amide bonds. The van der Waals surface area contributed by atoms with E-state index in [0.717, 1.165) is 18.5 Å². The van der Waals surface area contributed by atoms with Gasteiger partial charge in [-0.25, -0.2) is 4.79 Å². The van der Waals surface area contributed by atoms with Gasteiger partial charge < -0.3 is 10.0 Å². The number of fused-ring (bicyclic) bond motifs is 1. The molecule has 0 spiro atoms. The van der Waals surface area contributed by atoms with Gasteiger partial charge >= 0.3 is 5.97 Å². The van der Waals surface area contributed by atoms with Crippen molar-refractivity contribution in [3.8, 4) is 0 Å². The largest absolute Gasteiger partial charge is 0.478 e. The number of benzene rings is 1. The van der Waals surface area contributed by atoms with E-state index < -0.39 is 5.97 Å². The standard InChI is InChI=1S/C14H15ClN2O2/c1-3-17(4-2)13-10-6-5-9(15)7-12(10)16-8-11(13)14(18)19/h5-8H,3-4H2,1-2H3,(H,18,19). The van der Waals surface area contributed by atoms with E-state index in [9.17, 15) is 9.90 Å². The summed E-state index contributed by atoms with van der Waals surface area (Å²) >= 11 is 5.95. The molecule has 2 aromatic rings. The highest BCUT2D eigenvalue weighted by Gasteiger charge is 2.18. The van der Waals surface area contributed by atoms with Gasteiger partial charge in [0.1, 0.15) is 5.56 Å². The monoisotopic (exact) mass is 278 g/mol. The van der Waals surface area contributed by atoms with E-state index in [1.807, 2.05) is 24.8 Å². The molecule has 1 aromatic heterocycles. The van der Waals surface area contributed by atoms with Crippen LogP contribution in [0.1, 0.15) is 24.2 Å². The summed E-state index contributed by atoms with van der Waals surface area (Å²) in [4.78, 5) is 17.6. The van der Waals surface area contributed by atoms with E-state index in [1.165, 1.54) is 6.20 Å². The lowest BCUT2D eigenvalue weighted by molar-refractivity contribution is 0.0697. The van der Waals surface area contributed by atoms with Crippen LogP contribution in [0.3, 0.4) is 0 Å². The third-order valence-corrected chi connectivity index (χ3v) is 3.35. The molecular formula is C14H15ClN2O2. The SMILES string of the molecule is CCN(CC)c1c(C(=O)O)cnc2cc(Cl)ccc12. The number of aromatic carboxylic acids is 1. The number of aromatic nitrogens is 1. The number of hydrogen-bond donors (Lipinski definition) is 1. The van der Waals surface area contributed by atoms with Crippen molar-refractivity contribution in [3.05, 3.63) is 35.0 Å². The first-order chi connectivity index (χ1) is 9.08. The third kappa shape index (κ3) is 2.49. The van der Waals surface area contributed by atoms with Crippen molar-refractivity contribution in [1.82, 2.24) is 4.98 Å². The Bertz CT molecular complexity index is 624. The molecule has 1 N–H and O–H groups in total. The van der Waals surface area contributed by atoms with Crippen molar-refractivity contribution in [2.45, 2.75) is 13.8 Å². The smallest absolute Gasteiger partial charge is 0.339 e. The second-order valence-electron chi connectivity index (χ2n) is 4.16. The van der Waals surface area contributed by atoms with Gasteiger partial charge in [0.05, 0.1) is 11.2 Å². The van der Waals surface area contributed by atoms with Crippen molar-refractivity contribution in [1.29, 1.82) is 0 Å². The van der Waals surface area contributed by atoms with Crippen LogP contribution in [-0.4, -0.2) is 29.1 Å². The summed E-state index contributed by atoms with van der Waals surface area (Å²) in [5.41, 5.74) is 1.64. The average Bonchev–Trinajstić information content (AvgIpc) is 2.39. The van der Waals surface area contributed by atoms with E-state index in [2.05, 4.69) is 4.98 Å². The molecule has 0 aliphatic carbocycles. The average molecular weight is 279 g/mol. The molecule has 0 saturated carbocycles. The van der Waals surface area contributed by atoms with Gasteiger partial charge in [-0.1, -0.05) is 11.6 Å². The second-order valence-corrected chi connectivity index (χ2v) is 4.60. The van der Waals surface area contributed by atoms with Crippen LogP contribution in [0.4, 0.5) is 5.69 Å². The number of rotatable bonds is 4. The van der Waals surface area contributed by atoms with Gasteiger partial charge in [0.2, 0.25) is 0 Å². The molecule has 0 atom stereocenters. The Morgan fingerprint density at radius 1 is 1.37 bits per heavy atom. The molecule has 5 heteroatoms. The van der Waals surface area contributed by atoms with Crippen molar-refractivity contribution in [2.24, 2.45) is 0 Å². The van der Waals surface area contributed by atoms with E-state index in [0.29, 0.717) is 16.2 Å². The van der Waals surface area contributed by atoms with E-state index >= 15 is 0 Å². The van der Waals surface area contributed by atoms with Crippen molar-refractivity contribution < 1.29 is 9.90 Å². The van der Waals surface area contributed by atoms with Crippen LogP contribution in [0.25, 0.3) is 10.9 Å². The third-order valence-electron chi connectivity index (χ3n) is 3.11. The highest BCUT2D eigenvalue weighted by Crippen LogP contribution is 2.31. The molecule has 0 unspecified atom stereocenters. The Kier molecular flexibility index (Phi) is 3.90. The molecule has 0 fully saturated rings. The predicted molar refractivity (Wildman–Crippen MR) is 77.3 cm³/mol. The van der Waals surface area contributed by atoms with Crippen molar-refractivity contribution in [3.63, 3.8) is 0 Å². The minimum absolute atomic E-state index is 0.221. The zero-order valence-corrected chi connectivity index (χ0v) is 11.6.